The molecule has 1 N–H and O–H groups in total. The van der Waals surface area contributed by atoms with E-state index in [0.717, 1.165) is 39.2 Å². The highest BCUT2D eigenvalue weighted by molar-refractivity contribution is 7.92. The van der Waals surface area contributed by atoms with Gasteiger partial charge < -0.3 is 15.0 Å². The number of sulfonamides is 1. The van der Waals surface area contributed by atoms with Crippen molar-refractivity contribution in [2.75, 3.05) is 17.1 Å². The lowest BCUT2D eigenvalue weighted by molar-refractivity contribution is -0.140. The molecule has 0 aliphatic heterocycles. The molecule has 4 aromatic rings. The van der Waals surface area contributed by atoms with Gasteiger partial charge in [-0.2, -0.15) is 0 Å². The largest absolute Gasteiger partial charge is 0.489 e. The van der Waals surface area contributed by atoms with Crippen LogP contribution in [0.5, 0.6) is 5.75 Å². The molecule has 0 spiro atoms. The number of hydrogen-bond donors (Lipinski definition) is 1. The summed E-state index contributed by atoms with van der Waals surface area (Å²) in [6, 6.07) is 32.6. The highest BCUT2D eigenvalue weighted by atomic mass is 32.2. The molecule has 8 nitrogen and oxygen atoms in total. The Morgan fingerprint density at radius 2 is 1.39 bits per heavy atom. The molecule has 0 aliphatic rings. The molecule has 0 aliphatic carbocycles. The number of nitrogens with one attached hydrogen (secondary N) is 1. The first-order valence-electron chi connectivity index (χ1n) is 15.5. The fraction of sp³-hybridized carbons (Fsp3) is 0.297. The number of hydrogen-bond acceptors (Lipinski definition) is 5. The smallest absolute Gasteiger partial charge is 0.244 e. The first-order valence-corrected chi connectivity index (χ1v) is 17.3. The third-order valence-corrected chi connectivity index (χ3v) is 8.94. The predicted octanol–water partition coefficient (Wildman–Crippen LogP) is 5.89. The molecule has 0 aromatic heterocycles. The zero-order valence-electron chi connectivity index (χ0n) is 26.9. The summed E-state index contributed by atoms with van der Waals surface area (Å²) in [6.45, 7) is 5.90. The van der Waals surface area contributed by atoms with Gasteiger partial charge in [-0.25, -0.2) is 8.42 Å². The third-order valence-electron chi connectivity index (χ3n) is 7.80. The molecule has 0 saturated carbocycles. The van der Waals surface area contributed by atoms with Gasteiger partial charge in [-0.05, 0) is 61.2 Å². The number of aryl methyl sites for hydroxylation is 1. The summed E-state index contributed by atoms with van der Waals surface area (Å²) in [5.74, 6) is -0.210. The minimum atomic E-state index is -3.88. The first-order chi connectivity index (χ1) is 22.0. The summed E-state index contributed by atoms with van der Waals surface area (Å²) in [7, 11) is -3.88. The van der Waals surface area contributed by atoms with E-state index >= 15 is 0 Å². The molecule has 2 amide bonds. The van der Waals surface area contributed by atoms with Crippen LogP contribution in [0.4, 0.5) is 5.69 Å². The average Bonchev–Trinajstić information content (AvgIpc) is 3.05. The van der Waals surface area contributed by atoms with Gasteiger partial charge in [0.05, 0.1) is 11.9 Å². The molecule has 2 atom stereocenters. The van der Waals surface area contributed by atoms with E-state index in [-0.39, 0.29) is 24.9 Å². The Labute approximate surface area is 273 Å². The lowest BCUT2D eigenvalue weighted by atomic mass is 10.0. The Balaban J connectivity index is 1.64. The molecular formula is C37H43N3O5S. The van der Waals surface area contributed by atoms with E-state index in [1.54, 1.807) is 24.3 Å². The molecule has 4 rings (SSSR count). The van der Waals surface area contributed by atoms with Crippen LogP contribution in [0.3, 0.4) is 0 Å². The second-order valence-electron chi connectivity index (χ2n) is 11.6. The van der Waals surface area contributed by atoms with Crippen molar-refractivity contribution in [2.45, 2.75) is 58.8 Å². The van der Waals surface area contributed by atoms with Crippen molar-refractivity contribution in [2.24, 2.45) is 0 Å². The van der Waals surface area contributed by atoms with Crippen molar-refractivity contribution in [3.8, 4) is 5.75 Å². The van der Waals surface area contributed by atoms with E-state index in [0.29, 0.717) is 18.0 Å². The van der Waals surface area contributed by atoms with E-state index in [4.69, 9.17) is 4.74 Å². The van der Waals surface area contributed by atoms with E-state index < -0.39 is 28.5 Å². The van der Waals surface area contributed by atoms with Crippen LogP contribution in [-0.4, -0.2) is 50.0 Å². The SMILES string of the molecule is CC[C@@H](C)NC(=O)[C@@H](Cc1ccccc1)N(Cc1ccc(C)cc1)C(=O)CN(c1ccc(OCc2ccccc2)cc1)S(C)(=O)=O. The molecule has 0 fully saturated rings. The van der Waals surface area contributed by atoms with Crippen LogP contribution < -0.4 is 14.4 Å². The number of benzene rings is 4. The second-order valence-corrected chi connectivity index (χ2v) is 13.5. The summed E-state index contributed by atoms with van der Waals surface area (Å²) < 4.78 is 33.2. The summed E-state index contributed by atoms with van der Waals surface area (Å²) in [6.07, 6.45) is 2.07. The van der Waals surface area contributed by atoms with Crippen molar-refractivity contribution in [3.05, 3.63) is 131 Å². The molecule has 0 saturated heterocycles. The topological polar surface area (TPSA) is 96.0 Å². The van der Waals surface area contributed by atoms with Crippen molar-refractivity contribution >= 4 is 27.5 Å². The Kier molecular flexibility index (Phi) is 12.0. The monoisotopic (exact) mass is 641 g/mol. The fourth-order valence-corrected chi connectivity index (χ4v) is 5.80. The van der Waals surface area contributed by atoms with Gasteiger partial charge >= 0.3 is 0 Å². The summed E-state index contributed by atoms with van der Waals surface area (Å²) in [5.41, 5.74) is 4.11. The van der Waals surface area contributed by atoms with Gasteiger partial charge in [-0.3, -0.25) is 13.9 Å². The van der Waals surface area contributed by atoms with Crippen molar-refractivity contribution < 1.29 is 22.7 Å². The summed E-state index contributed by atoms with van der Waals surface area (Å²) in [4.78, 5) is 29.6. The van der Waals surface area contributed by atoms with Gasteiger partial charge in [0.1, 0.15) is 24.9 Å². The lowest BCUT2D eigenvalue weighted by Gasteiger charge is -2.34. The Morgan fingerprint density at radius 3 is 1.96 bits per heavy atom. The van der Waals surface area contributed by atoms with Crippen LogP contribution in [-0.2, 0) is 39.2 Å². The molecule has 46 heavy (non-hydrogen) atoms. The van der Waals surface area contributed by atoms with Gasteiger partial charge in [0.25, 0.3) is 0 Å². The maximum absolute atomic E-state index is 14.3. The average molecular weight is 642 g/mol. The van der Waals surface area contributed by atoms with Crippen molar-refractivity contribution in [3.63, 3.8) is 0 Å². The number of amides is 2. The van der Waals surface area contributed by atoms with Crippen LogP contribution in [0, 0.1) is 6.92 Å². The Morgan fingerprint density at radius 1 is 0.804 bits per heavy atom. The van der Waals surface area contributed by atoms with E-state index in [2.05, 4.69) is 5.32 Å². The summed E-state index contributed by atoms with van der Waals surface area (Å²) >= 11 is 0. The fourth-order valence-electron chi connectivity index (χ4n) is 4.95. The number of carbonyl (C=O) groups excluding carboxylic acids is 2. The number of carbonyl (C=O) groups is 2. The van der Waals surface area contributed by atoms with Crippen LogP contribution in [0.2, 0.25) is 0 Å². The second kappa shape index (κ2) is 16.1. The Hall–Kier alpha value is -4.63. The molecule has 242 valence electrons. The van der Waals surface area contributed by atoms with Gasteiger partial charge in [-0.1, -0.05) is 97.4 Å². The highest BCUT2D eigenvalue weighted by Crippen LogP contribution is 2.24. The summed E-state index contributed by atoms with van der Waals surface area (Å²) in [5, 5.41) is 3.05. The van der Waals surface area contributed by atoms with Crippen LogP contribution in [0.15, 0.2) is 109 Å². The normalized spacial score (nSPS) is 12.5. The maximum Gasteiger partial charge on any atom is 0.244 e. The molecule has 9 heteroatoms. The molecule has 0 radical (unpaired) electrons. The highest BCUT2D eigenvalue weighted by Gasteiger charge is 2.33. The number of nitrogens with zero attached hydrogens (tertiary/aromatic N) is 2. The standard InChI is InChI=1S/C37H43N3O5S/c1-5-29(3)38-37(42)35(24-30-12-8-6-9-13-30)39(25-31-18-16-28(2)17-19-31)36(41)26-40(46(4,43)44)33-20-22-34(23-21-33)45-27-32-14-10-7-11-15-32/h6-23,29,35H,5,24-27H2,1-4H3,(H,38,42)/t29-,35-/m1/s1. The minimum absolute atomic E-state index is 0.0998. The third kappa shape index (κ3) is 9.94. The van der Waals surface area contributed by atoms with Crippen molar-refractivity contribution in [1.82, 2.24) is 10.2 Å². The van der Waals surface area contributed by atoms with Crippen LogP contribution in [0.1, 0.15) is 42.5 Å². The quantitative estimate of drug-likeness (QED) is 0.175. The van der Waals surface area contributed by atoms with Gasteiger partial charge in [0.2, 0.25) is 21.8 Å². The van der Waals surface area contributed by atoms with E-state index in [1.165, 1.54) is 4.90 Å². The molecule has 0 heterocycles. The minimum Gasteiger partial charge on any atom is -0.489 e. The number of anilines is 1. The van der Waals surface area contributed by atoms with Crippen LogP contribution >= 0.6 is 0 Å². The molecule has 4 aromatic carbocycles. The van der Waals surface area contributed by atoms with Crippen molar-refractivity contribution in [1.29, 1.82) is 0 Å². The van der Waals surface area contributed by atoms with Crippen LogP contribution in [0.25, 0.3) is 0 Å². The molecule has 0 unspecified atom stereocenters. The zero-order chi connectivity index (χ0) is 33.1. The number of ether oxygens (including phenoxy) is 1. The van der Waals surface area contributed by atoms with Gasteiger partial charge in [0, 0.05) is 19.0 Å². The first kappa shape index (κ1) is 34.2. The maximum atomic E-state index is 14.3. The zero-order valence-corrected chi connectivity index (χ0v) is 27.7. The van der Waals surface area contributed by atoms with Gasteiger partial charge in [-0.15, -0.1) is 0 Å². The molecule has 0 bridgehead atoms. The van der Waals surface area contributed by atoms with E-state index in [1.807, 2.05) is 106 Å². The molecular weight excluding hydrogens is 598 g/mol. The number of rotatable bonds is 15. The lowest BCUT2D eigenvalue weighted by Crippen LogP contribution is -2.54. The van der Waals surface area contributed by atoms with Gasteiger partial charge in [0.15, 0.2) is 0 Å². The predicted molar refractivity (Wildman–Crippen MR) is 183 cm³/mol. The Bertz CT molecular complexity index is 1660. The van der Waals surface area contributed by atoms with E-state index in [9.17, 15) is 18.0 Å².